The van der Waals surface area contributed by atoms with Crippen molar-refractivity contribution in [3.8, 4) is 22.3 Å². The largest absolute Gasteiger partial charge is 0.352 e. The molecule has 0 aliphatic carbocycles. The van der Waals surface area contributed by atoms with Crippen molar-refractivity contribution in [3.63, 3.8) is 0 Å². The zero-order chi connectivity index (χ0) is 27.1. The summed E-state index contributed by atoms with van der Waals surface area (Å²) in [6.07, 6.45) is 6.99. The second kappa shape index (κ2) is 13.4. The monoisotopic (exact) mass is 528 g/mol. The summed E-state index contributed by atoms with van der Waals surface area (Å²) >= 11 is 0. The highest BCUT2D eigenvalue weighted by Gasteiger charge is 2.27. The Kier molecular flexibility index (Phi) is 9.97. The molecule has 38 heavy (non-hydrogen) atoms. The molecule has 204 valence electrons. The Morgan fingerprint density at radius 3 is 1.79 bits per heavy atom. The molecular weight excluding hydrogens is 492 g/mol. The molecule has 1 heterocycles. The number of hydrogen-bond donors (Lipinski definition) is 0. The Balaban J connectivity index is 1.47. The molecule has 0 N–H and O–H groups in total. The molecule has 3 aromatic rings. The van der Waals surface area contributed by atoms with E-state index in [1.165, 1.54) is 0 Å². The van der Waals surface area contributed by atoms with E-state index < -0.39 is 23.3 Å². The maximum atomic E-state index is 15.1. The van der Waals surface area contributed by atoms with Gasteiger partial charge in [-0.15, -0.1) is 0 Å². The molecule has 1 fully saturated rings. The highest BCUT2D eigenvalue weighted by molar-refractivity contribution is 5.71. The molecule has 1 aliphatic heterocycles. The van der Waals surface area contributed by atoms with Gasteiger partial charge in [0, 0.05) is 17.0 Å². The lowest BCUT2D eigenvalue weighted by Gasteiger charge is -2.30. The number of rotatable bonds is 11. The topological polar surface area (TPSA) is 18.5 Å². The van der Waals surface area contributed by atoms with Crippen LogP contribution in [0, 0.1) is 23.3 Å². The first-order valence-corrected chi connectivity index (χ1v) is 13.7. The molecule has 0 amide bonds. The highest BCUT2D eigenvalue weighted by Crippen LogP contribution is 2.34. The van der Waals surface area contributed by atoms with E-state index in [0.717, 1.165) is 44.9 Å². The number of aryl methyl sites for hydroxylation is 1. The van der Waals surface area contributed by atoms with E-state index in [1.807, 2.05) is 0 Å². The van der Waals surface area contributed by atoms with Gasteiger partial charge < -0.3 is 9.47 Å². The van der Waals surface area contributed by atoms with Gasteiger partial charge in [0.1, 0.15) is 0 Å². The zero-order valence-electron chi connectivity index (χ0n) is 22.2. The van der Waals surface area contributed by atoms with Crippen LogP contribution in [-0.2, 0) is 15.9 Å². The molecule has 0 unspecified atom stereocenters. The second-order valence-corrected chi connectivity index (χ2v) is 10.1. The molecule has 0 bridgehead atoms. The minimum atomic E-state index is -0.950. The van der Waals surface area contributed by atoms with Gasteiger partial charge in [0.15, 0.2) is 29.6 Å². The van der Waals surface area contributed by atoms with E-state index in [4.69, 9.17) is 9.47 Å². The Labute approximate surface area is 223 Å². The summed E-state index contributed by atoms with van der Waals surface area (Å²) in [5.74, 6) is -3.97. The molecule has 1 aliphatic rings. The second-order valence-electron chi connectivity index (χ2n) is 10.1. The first-order chi connectivity index (χ1) is 18.4. The van der Waals surface area contributed by atoms with Gasteiger partial charge in [-0.2, -0.15) is 0 Å². The molecule has 0 saturated carbocycles. The quantitative estimate of drug-likeness (QED) is 0.182. The van der Waals surface area contributed by atoms with Crippen LogP contribution in [0.25, 0.3) is 22.3 Å². The minimum Gasteiger partial charge on any atom is -0.352 e. The summed E-state index contributed by atoms with van der Waals surface area (Å²) in [6.45, 7) is 4.74. The van der Waals surface area contributed by atoms with Crippen molar-refractivity contribution < 1.29 is 27.0 Å². The lowest BCUT2D eigenvalue weighted by atomic mass is 9.94. The predicted molar refractivity (Wildman–Crippen MR) is 143 cm³/mol. The van der Waals surface area contributed by atoms with E-state index in [9.17, 15) is 8.78 Å². The van der Waals surface area contributed by atoms with Crippen molar-refractivity contribution in [1.82, 2.24) is 0 Å². The van der Waals surface area contributed by atoms with Gasteiger partial charge in [0.2, 0.25) is 0 Å². The molecule has 0 spiro atoms. The van der Waals surface area contributed by atoms with Crippen LogP contribution in [0.4, 0.5) is 17.6 Å². The van der Waals surface area contributed by atoms with E-state index >= 15 is 8.78 Å². The third-order valence-electron chi connectivity index (χ3n) is 7.28. The van der Waals surface area contributed by atoms with E-state index in [2.05, 4.69) is 13.8 Å². The third-order valence-corrected chi connectivity index (χ3v) is 7.28. The Hall–Kier alpha value is -2.70. The van der Waals surface area contributed by atoms with Crippen LogP contribution in [0.2, 0.25) is 0 Å². The number of benzene rings is 3. The lowest BCUT2D eigenvalue weighted by Crippen LogP contribution is -2.31. The summed E-state index contributed by atoms with van der Waals surface area (Å²) in [7, 11) is 0. The van der Waals surface area contributed by atoms with Gasteiger partial charge in [0.05, 0.1) is 13.2 Å². The molecule has 4 rings (SSSR count). The van der Waals surface area contributed by atoms with Crippen LogP contribution >= 0.6 is 0 Å². The van der Waals surface area contributed by atoms with Crippen molar-refractivity contribution in [2.75, 3.05) is 13.2 Å². The molecular formula is C32H36F4O2. The molecule has 2 nitrogen and oxygen atoms in total. The average Bonchev–Trinajstić information content (AvgIpc) is 2.94. The summed E-state index contributed by atoms with van der Waals surface area (Å²) < 4.78 is 71.1. The normalized spacial score (nSPS) is 17.6. The van der Waals surface area contributed by atoms with Crippen LogP contribution in [-0.4, -0.2) is 19.5 Å². The molecule has 0 radical (unpaired) electrons. The van der Waals surface area contributed by atoms with Crippen LogP contribution < -0.4 is 0 Å². The fraction of sp³-hybridized carbons (Fsp3) is 0.438. The maximum Gasteiger partial charge on any atom is 0.166 e. The van der Waals surface area contributed by atoms with Crippen LogP contribution in [0.1, 0.15) is 75.8 Å². The van der Waals surface area contributed by atoms with E-state index in [-0.39, 0.29) is 42.1 Å². The molecule has 6 heteroatoms. The van der Waals surface area contributed by atoms with Gasteiger partial charge in [-0.1, -0.05) is 88.1 Å². The molecule has 0 atom stereocenters. The molecule has 1 saturated heterocycles. The van der Waals surface area contributed by atoms with Gasteiger partial charge in [-0.05, 0) is 47.9 Å². The summed E-state index contributed by atoms with van der Waals surface area (Å²) in [6, 6.07) is 12.7. The van der Waals surface area contributed by atoms with E-state index in [0.29, 0.717) is 23.1 Å². The fourth-order valence-electron chi connectivity index (χ4n) is 4.95. The van der Waals surface area contributed by atoms with Gasteiger partial charge in [-0.25, -0.2) is 17.6 Å². The first kappa shape index (κ1) is 28.3. The SMILES string of the molecule is CCCCCc1ccc(-c2ccc(-c3ccc(C4COC(CCCCC)OC4)c(F)c3F)cc2)c(F)c1F. The summed E-state index contributed by atoms with van der Waals surface area (Å²) in [5.41, 5.74) is 1.75. The first-order valence-electron chi connectivity index (χ1n) is 13.7. The minimum absolute atomic E-state index is 0.103. The van der Waals surface area contributed by atoms with Crippen molar-refractivity contribution in [1.29, 1.82) is 0 Å². The van der Waals surface area contributed by atoms with Crippen molar-refractivity contribution in [2.45, 2.75) is 77.4 Å². The van der Waals surface area contributed by atoms with Crippen molar-refractivity contribution >= 4 is 0 Å². The Morgan fingerprint density at radius 1 is 0.632 bits per heavy atom. The maximum absolute atomic E-state index is 15.1. The van der Waals surface area contributed by atoms with Crippen LogP contribution in [0.15, 0.2) is 48.5 Å². The smallest absolute Gasteiger partial charge is 0.166 e. The number of halogens is 4. The molecule has 3 aromatic carbocycles. The summed E-state index contributed by atoms with van der Waals surface area (Å²) in [4.78, 5) is 0. The van der Waals surface area contributed by atoms with Crippen molar-refractivity contribution in [2.24, 2.45) is 0 Å². The van der Waals surface area contributed by atoms with E-state index in [1.54, 1.807) is 48.5 Å². The van der Waals surface area contributed by atoms with Crippen LogP contribution in [0.5, 0.6) is 0 Å². The number of unbranched alkanes of at least 4 members (excludes halogenated alkanes) is 4. The van der Waals surface area contributed by atoms with Crippen LogP contribution in [0.3, 0.4) is 0 Å². The average molecular weight is 529 g/mol. The lowest BCUT2D eigenvalue weighted by molar-refractivity contribution is -0.190. The Bertz CT molecular complexity index is 1200. The summed E-state index contributed by atoms with van der Waals surface area (Å²) in [5, 5.41) is 0. The standard InChI is InChI=1S/C32H36F4O2/c1-3-5-7-9-23-15-16-25(30(34)29(23)33)21-11-13-22(14-12-21)26-17-18-27(32(36)31(26)35)24-19-37-28(38-20-24)10-8-6-4-2/h11-18,24,28H,3-10,19-20H2,1-2H3. The number of ether oxygens (including phenoxy) is 2. The van der Waals surface area contributed by atoms with Gasteiger partial charge in [-0.3, -0.25) is 0 Å². The van der Waals surface area contributed by atoms with Gasteiger partial charge in [0.25, 0.3) is 0 Å². The number of hydrogen-bond acceptors (Lipinski definition) is 2. The highest BCUT2D eigenvalue weighted by atomic mass is 19.2. The zero-order valence-corrected chi connectivity index (χ0v) is 22.2. The predicted octanol–water partition coefficient (Wildman–Crippen LogP) is 9.35. The van der Waals surface area contributed by atoms with Gasteiger partial charge >= 0.3 is 0 Å². The molecule has 0 aromatic heterocycles. The Morgan fingerprint density at radius 2 is 1.18 bits per heavy atom. The van der Waals surface area contributed by atoms with Crippen molar-refractivity contribution in [3.05, 3.63) is 82.9 Å². The fourth-order valence-corrected chi connectivity index (χ4v) is 4.95. The third kappa shape index (κ3) is 6.47.